The maximum absolute atomic E-state index is 12.8. The standard InChI is InChI=1S/C24H23N3O5S2/c1-27(2)12-14-4-5-19-15(8-14)9-20(26-19)17-10-21(31-3)23(18-11-25-24(28)22(17)18)32-34(29,30)16-6-7-33-13-16/h4-10,13,26H,11-12H2,1-3H3,(H,25,28). The third kappa shape index (κ3) is 3.93. The molecule has 1 aliphatic rings. The number of hydrogen-bond donors (Lipinski definition) is 2. The molecule has 10 heteroatoms. The molecule has 3 heterocycles. The Morgan fingerprint density at radius 2 is 1.97 bits per heavy atom. The van der Waals surface area contributed by atoms with Gasteiger partial charge in [-0.15, -0.1) is 0 Å². The van der Waals surface area contributed by atoms with Crippen molar-refractivity contribution in [3.8, 4) is 22.8 Å². The number of hydrogen-bond acceptors (Lipinski definition) is 7. The van der Waals surface area contributed by atoms with Crippen LogP contribution in [-0.4, -0.2) is 45.4 Å². The fourth-order valence-electron chi connectivity index (χ4n) is 4.18. The molecule has 2 aromatic carbocycles. The number of aromatic amines is 1. The van der Waals surface area contributed by atoms with E-state index in [0.29, 0.717) is 16.7 Å². The van der Waals surface area contributed by atoms with Gasteiger partial charge in [-0.05, 0) is 55.4 Å². The molecule has 0 spiro atoms. The zero-order chi connectivity index (χ0) is 24.0. The van der Waals surface area contributed by atoms with Gasteiger partial charge in [0, 0.05) is 46.2 Å². The third-order valence-electron chi connectivity index (χ3n) is 5.67. The first-order valence-electron chi connectivity index (χ1n) is 10.5. The molecule has 0 radical (unpaired) electrons. The zero-order valence-corrected chi connectivity index (χ0v) is 20.5. The maximum Gasteiger partial charge on any atom is 0.340 e. The molecule has 2 N–H and O–H groups in total. The van der Waals surface area contributed by atoms with E-state index in [9.17, 15) is 13.2 Å². The summed E-state index contributed by atoms with van der Waals surface area (Å²) in [6.07, 6.45) is 0. The highest BCUT2D eigenvalue weighted by Gasteiger charge is 2.33. The molecule has 4 aromatic rings. The Kier molecular flexibility index (Phi) is 5.59. The molecule has 0 fully saturated rings. The first-order valence-corrected chi connectivity index (χ1v) is 12.9. The van der Waals surface area contributed by atoms with Crippen molar-refractivity contribution in [2.45, 2.75) is 18.0 Å². The van der Waals surface area contributed by atoms with Crippen LogP contribution in [-0.2, 0) is 23.2 Å². The Balaban J connectivity index is 1.63. The quantitative estimate of drug-likeness (QED) is 0.375. The molecule has 0 saturated heterocycles. The summed E-state index contributed by atoms with van der Waals surface area (Å²) >= 11 is 1.25. The van der Waals surface area contributed by atoms with Gasteiger partial charge in [0.15, 0.2) is 11.5 Å². The van der Waals surface area contributed by atoms with Crippen LogP contribution in [0.25, 0.3) is 22.2 Å². The third-order valence-corrected chi connectivity index (χ3v) is 7.72. The molecule has 1 amide bonds. The number of carbonyl (C=O) groups excluding carboxylic acids is 1. The number of nitrogens with zero attached hydrogens (tertiary/aromatic N) is 1. The van der Waals surface area contributed by atoms with Gasteiger partial charge >= 0.3 is 10.1 Å². The summed E-state index contributed by atoms with van der Waals surface area (Å²) in [7, 11) is 1.40. The number of H-pyrrole nitrogens is 1. The molecule has 2 aromatic heterocycles. The van der Waals surface area contributed by atoms with E-state index in [2.05, 4.69) is 27.3 Å². The predicted molar refractivity (Wildman–Crippen MR) is 131 cm³/mol. The van der Waals surface area contributed by atoms with E-state index in [1.165, 1.54) is 35.5 Å². The number of aromatic nitrogens is 1. The second-order valence-corrected chi connectivity index (χ2v) is 10.7. The van der Waals surface area contributed by atoms with Crippen LogP contribution >= 0.6 is 11.3 Å². The van der Waals surface area contributed by atoms with Gasteiger partial charge in [0.1, 0.15) is 4.90 Å². The number of carbonyl (C=O) groups is 1. The van der Waals surface area contributed by atoms with Crippen LogP contribution in [0, 0.1) is 0 Å². The highest BCUT2D eigenvalue weighted by Crippen LogP contribution is 2.43. The summed E-state index contributed by atoms with van der Waals surface area (Å²) in [5.41, 5.74) is 4.28. The maximum atomic E-state index is 12.8. The SMILES string of the molecule is COc1cc(-c2cc3cc(CN(C)C)ccc3[nH]2)c2c(c1OS(=O)(=O)c1ccsc1)CNC2=O. The second-order valence-electron chi connectivity index (χ2n) is 8.33. The molecule has 1 aliphatic heterocycles. The predicted octanol–water partition coefficient (Wildman–Crippen LogP) is 3.98. The minimum absolute atomic E-state index is 0.0233. The van der Waals surface area contributed by atoms with E-state index < -0.39 is 10.1 Å². The van der Waals surface area contributed by atoms with Gasteiger partial charge < -0.3 is 24.1 Å². The van der Waals surface area contributed by atoms with E-state index in [1.807, 2.05) is 26.2 Å². The monoisotopic (exact) mass is 497 g/mol. The summed E-state index contributed by atoms with van der Waals surface area (Å²) < 4.78 is 36.6. The topological polar surface area (TPSA) is 101 Å². The van der Waals surface area contributed by atoms with Crippen LogP contribution in [0.4, 0.5) is 0 Å². The van der Waals surface area contributed by atoms with Crippen molar-refractivity contribution in [1.82, 2.24) is 15.2 Å². The van der Waals surface area contributed by atoms with Crippen LogP contribution < -0.4 is 14.2 Å². The van der Waals surface area contributed by atoms with Crippen molar-refractivity contribution >= 4 is 38.3 Å². The fraction of sp³-hybridized carbons (Fsp3) is 0.208. The van der Waals surface area contributed by atoms with Gasteiger partial charge in [0.2, 0.25) is 0 Å². The molecule has 8 nitrogen and oxygen atoms in total. The van der Waals surface area contributed by atoms with Crippen LogP contribution in [0.5, 0.6) is 11.5 Å². The summed E-state index contributed by atoms with van der Waals surface area (Å²) in [4.78, 5) is 18.4. The number of rotatable bonds is 7. The summed E-state index contributed by atoms with van der Waals surface area (Å²) in [6, 6.07) is 11.3. The normalized spacial score (nSPS) is 13.4. The smallest absolute Gasteiger partial charge is 0.340 e. The molecule has 0 saturated carbocycles. The van der Waals surface area contributed by atoms with Gasteiger partial charge in [-0.25, -0.2) is 0 Å². The van der Waals surface area contributed by atoms with Crippen LogP contribution in [0.3, 0.4) is 0 Å². The lowest BCUT2D eigenvalue weighted by Crippen LogP contribution is -2.13. The lowest BCUT2D eigenvalue weighted by Gasteiger charge is -2.16. The molecule has 0 atom stereocenters. The molecular weight excluding hydrogens is 474 g/mol. The largest absolute Gasteiger partial charge is 0.493 e. The molecule has 0 unspecified atom stereocenters. The zero-order valence-electron chi connectivity index (χ0n) is 18.8. The van der Waals surface area contributed by atoms with Crippen molar-refractivity contribution < 1.29 is 22.1 Å². The van der Waals surface area contributed by atoms with Gasteiger partial charge in [0.05, 0.1) is 12.7 Å². The minimum Gasteiger partial charge on any atom is -0.493 e. The van der Waals surface area contributed by atoms with E-state index in [4.69, 9.17) is 8.92 Å². The van der Waals surface area contributed by atoms with Gasteiger partial charge in [0.25, 0.3) is 5.91 Å². The first-order chi connectivity index (χ1) is 16.3. The number of methoxy groups -OCH3 is 1. The van der Waals surface area contributed by atoms with Crippen molar-refractivity contribution in [3.63, 3.8) is 0 Å². The van der Waals surface area contributed by atoms with Gasteiger partial charge in [-0.2, -0.15) is 19.8 Å². The highest BCUT2D eigenvalue weighted by atomic mass is 32.2. The Labute approximate surface area is 201 Å². The van der Waals surface area contributed by atoms with Crippen molar-refractivity contribution in [3.05, 3.63) is 63.8 Å². The molecule has 0 bridgehead atoms. The average molecular weight is 498 g/mol. The Morgan fingerprint density at radius 1 is 1.15 bits per heavy atom. The molecule has 5 rings (SSSR count). The van der Waals surface area contributed by atoms with Crippen LogP contribution in [0.2, 0.25) is 0 Å². The van der Waals surface area contributed by atoms with Crippen molar-refractivity contribution in [1.29, 1.82) is 0 Å². The second kappa shape index (κ2) is 8.46. The Hall–Kier alpha value is -3.34. The number of nitrogens with one attached hydrogen (secondary N) is 2. The van der Waals surface area contributed by atoms with Crippen LogP contribution in [0.1, 0.15) is 21.5 Å². The van der Waals surface area contributed by atoms with E-state index in [0.717, 1.165) is 23.1 Å². The highest BCUT2D eigenvalue weighted by molar-refractivity contribution is 7.87. The van der Waals surface area contributed by atoms with Crippen LogP contribution in [0.15, 0.2) is 52.1 Å². The lowest BCUT2D eigenvalue weighted by atomic mass is 9.98. The van der Waals surface area contributed by atoms with Crippen molar-refractivity contribution in [2.75, 3.05) is 21.2 Å². The first kappa shape index (κ1) is 22.5. The van der Waals surface area contributed by atoms with Crippen molar-refractivity contribution in [2.24, 2.45) is 0 Å². The van der Waals surface area contributed by atoms with E-state index in [1.54, 1.807) is 11.4 Å². The minimum atomic E-state index is -4.07. The number of fused-ring (bicyclic) bond motifs is 2. The number of thiophene rings is 1. The molecule has 176 valence electrons. The number of amides is 1. The summed E-state index contributed by atoms with van der Waals surface area (Å²) in [6.45, 7) is 0.951. The average Bonchev–Trinajstić information content (AvgIpc) is 3.53. The molecule has 34 heavy (non-hydrogen) atoms. The lowest BCUT2D eigenvalue weighted by molar-refractivity contribution is 0.0966. The van der Waals surface area contributed by atoms with Gasteiger partial charge in [-0.1, -0.05) is 6.07 Å². The number of ether oxygens (including phenoxy) is 1. The fourth-order valence-corrected chi connectivity index (χ4v) is 6.15. The molecular formula is C24H23N3O5S2. The Bertz CT molecular complexity index is 1510. The van der Waals surface area contributed by atoms with E-state index in [-0.39, 0.29) is 28.8 Å². The van der Waals surface area contributed by atoms with E-state index >= 15 is 0 Å². The number of benzene rings is 2. The summed E-state index contributed by atoms with van der Waals surface area (Å²) in [5.74, 6) is -0.0384. The van der Waals surface area contributed by atoms with Gasteiger partial charge in [-0.3, -0.25) is 4.79 Å². The summed E-state index contributed by atoms with van der Waals surface area (Å²) in [5, 5.41) is 6.95. The Morgan fingerprint density at radius 3 is 2.68 bits per heavy atom. The molecule has 0 aliphatic carbocycles.